The number of carbonyl (C=O) groups is 1. The summed E-state index contributed by atoms with van der Waals surface area (Å²) in [5.41, 5.74) is -0.455. The molecule has 0 spiro atoms. The number of carbonyl (C=O) groups excluding carboxylic acids is 1. The predicted octanol–water partition coefficient (Wildman–Crippen LogP) is 2.79. The number of nitrogens with zero attached hydrogens (tertiary/aromatic N) is 3. The second-order valence-corrected chi connectivity index (χ2v) is 7.05. The van der Waals surface area contributed by atoms with Gasteiger partial charge in [-0.05, 0) is 39.7 Å². The highest BCUT2D eigenvalue weighted by atomic mass is 16.6. The van der Waals surface area contributed by atoms with Crippen molar-refractivity contribution in [2.75, 3.05) is 0 Å². The molecule has 1 amide bonds. The van der Waals surface area contributed by atoms with Gasteiger partial charge in [-0.3, -0.25) is 0 Å². The van der Waals surface area contributed by atoms with Crippen LogP contribution in [0.2, 0.25) is 0 Å². The number of hydrogen-bond donors (Lipinski definition) is 0. The van der Waals surface area contributed by atoms with E-state index >= 15 is 0 Å². The maximum atomic E-state index is 12.4. The van der Waals surface area contributed by atoms with E-state index in [0.29, 0.717) is 5.88 Å². The fraction of sp³-hybridized carbons (Fsp3) is 0.688. The van der Waals surface area contributed by atoms with Crippen LogP contribution in [0, 0.1) is 0 Å². The van der Waals surface area contributed by atoms with Crippen LogP contribution in [0.4, 0.5) is 4.79 Å². The average Bonchev–Trinajstić information content (AvgIpc) is 2.70. The van der Waals surface area contributed by atoms with Crippen molar-refractivity contribution < 1.29 is 14.3 Å². The second kappa shape index (κ2) is 5.74. The molecule has 3 rings (SSSR count). The first-order valence-corrected chi connectivity index (χ1v) is 7.88. The fourth-order valence-corrected chi connectivity index (χ4v) is 3.36. The molecule has 2 fully saturated rings. The molecule has 2 aliphatic heterocycles. The van der Waals surface area contributed by atoms with Gasteiger partial charge in [-0.1, -0.05) is 0 Å². The van der Waals surface area contributed by atoms with Gasteiger partial charge < -0.3 is 14.4 Å². The molecule has 1 aromatic heterocycles. The molecule has 0 N–H and O–H groups in total. The molecule has 6 nitrogen and oxygen atoms in total. The Morgan fingerprint density at radius 1 is 1.27 bits per heavy atom. The van der Waals surface area contributed by atoms with Crippen LogP contribution in [-0.4, -0.2) is 45.0 Å². The Kier molecular flexibility index (Phi) is 3.93. The standard InChI is InChI=1S/C16H23N3O3/c1-16(2,3)22-15(20)19-11-6-7-12(19)10-13(9-11)21-14-5-4-8-17-18-14/h4-5,8,11-13H,6-7,9-10H2,1-3H3/t11-,12+,13?. The topological polar surface area (TPSA) is 64.5 Å². The minimum atomic E-state index is -0.455. The highest BCUT2D eigenvalue weighted by Gasteiger charge is 2.45. The molecule has 2 saturated heterocycles. The van der Waals surface area contributed by atoms with Crippen molar-refractivity contribution in [2.24, 2.45) is 0 Å². The van der Waals surface area contributed by atoms with Crippen molar-refractivity contribution in [2.45, 2.75) is 70.2 Å². The average molecular weight is 305 g/mol. The van der Waals surface area contributed by atoms with Crippen LogP contribution in [0.5, 0.6) is 5.88 Å². The lowest BCUT2D eigenvalue weighted by atomic mass is 10.0. The van der Waals surface area contributed by atoms with Crippen LogP contribution in [-0.2, 0) is 4.74 Å². The molecular formula is C16H23N3O3. The number of piperidine rings is 1. The number of amides is 1. The number of ether oxygens (including phenoxy) is 2. The van der Waals surface area contributed by atoms with Crippen LogP contribution < -0.4 is 4.74 Å². The second-order valence-electron chi connectivity index (χ2n) is 7.05. The lowest BCUT2D eigenvalue weighted by molar-refractivity contribution is -0.00770. The van der Waals surface area contributed by atoms with E-state index in [-0.39, 0.29) is 24.3 Å². The SMILES string of the molecule is CC(C)(C)OC(=O)N1[C@@H]2CC[C@H]1CC(Oc1cccnn1)C2. The Morgan fingerprint density at radius 3 is 2.50 bits per heavy atom. The number of hydrogen-bond acceptors (Lipinski definition) is 5. The van der Waals surface area contributed by atoms with Crippen molar-refractivity contribution in [3.05, 3.63) is 18.3 Å². The maximum absolute atomic E-state index is 12.4. The minimum absolute atomic E-state index is 0.0906. The summed E-state index contributed by atoms with van der Waals surface area (Å²) in [5, 5.41) is 7.80. The van der Waals surface area contributed by atoms with Gasteiger partial charge in [-0.25, -0.2) is 4.79 Å². The Hall–Kier alpha value is -1.85. The van der Waals surface area contributed by atoms with Crippen LogP contribution in [0.1, 0.15) is 46.5 Å². The zero-order chi connectivity index (χ0) is 15.7. The van der Waals surface area contributed by atoms with E-state index in [1.165, 1.54) is 0 Å². The molecule has 6 heteroatoms. The molecule has 2 aliphatic rings. The van der Waals surface area contributed by atoms with E-state index in [0.717, 1.165) is 25.7 Å². The van der Waals surface area contributed by atoms with Gasteiger partial charge in [0.15, 0.2) is 0 Å². The van der Waals surface area contributed by atoms with Gasteiger partial charge in [0, 0.05) is 37.2 Å². The Bertz CT molecular complexity index is 515. The molecule has 0 aromatic carbocycles. The van der Waals surface area contributed by atoms with E-state index in [1.807, 2.05) is 37.8 Å². The third-order valence-corrected chi connectivity index (χ3v) is 4.13. The first kappa shape index (κ1) is 15.1. The van der Waals surface area contributed by atoms with Crippen LogP contribution in [0.3, 0.4) is 0 Å². The summed E-state index contributed by atoms with van der Waals surface area (Å²) in [6.07, 6.45) is 5.21. The van der Waals surface area contributed by atoms with Crippen LogP contribution in [0.25, 0.3) is 0 Å². The van der Waals surface area contributed by atoms with Crippen molar-refractivity contribution >= 4 is 6.09 Å². The molecule has 0 saturated carbocycles. The van der Waals surface area contributed by atoms with E-state index < -0.39 is 5.60 Å². The lowest BCUT2D eigenvalue weighted by Crippen LogP contribution is -2.50. The molecule has 1 aromatic rings. The number of rotatable bonds is 2. The summed E-state index contributed by atoms with van der Waals surface area (Å²) in [7, 11) is 0. The van der Waals surface area contributed by atoms with Gasteiger partial charge in [-0.2, -0.15) is 5.10 Å². The normalized spacial score (nSPS) is 27.6. The Labute approximate surface area is 130 Å². The Morgan fingerprint density at radius 2 is 1.95 bits per heavy atom. The fourth-order valence-electron chi connectivity index (χ4n) is 3.36. The summed E-state index contributed by atoms with van der Waals surface area (Å²) < 4.78 is 11.4. The first-order chi connectivity index (χ1) is 10.4. The molecule has 3 heterocycles. The van der Waals surface area contributed by atoms with Gasteiger partial charge in [0.1, 0.15) is 11.7 Å². The zero-order valence-corrected chi connectivity index (χ0v) is 13.4. The molecule has 1 unspecified atom stereocenters. The van der Waals surface area contributed by atoms with Crippen molar-refractivity contribution in [3.8, 4) is 5.88 Å². The molecule has 3 atom stereocenters. The minimum Gasteiger partial charge on any atom is -0.473 e. The molecule has 120 valence electrons. The Balaban J connectivity index is 1.63. The number of fused-ring (bicyclic) bond motifs is 2. The van der Waals surface area contributed by atoms with Crippen LogP contribution in [0.15, 0.2) is 18.3 Å². The lowest BCUT2D eigenvalue weighted by Gasteiger charge is -2.39. The van der Waals surface area contributed by atoms with E-state index in [2.05, 4.69) is 10.2 Å². The molecule has 22 heavy (non-hydrogen) atoms. The van der Waals surface area contributed by atoms with Crippen molar-refractivity contribution in [3.63, 3.8) is 0 Å². The van der Waals surface area contributed by atoms with Crippen LogP contribution >= 0.6 is 0 Å². The van der Waals surface area contributed by atoms with Gasteiger partial charge in [-0.15, -0.1) is 5.10 Å². The quantitative estimate of drug-likeness (QED) is 0.840. The third-order valence-electron chi connectivity index (χ3n) is 4.13. The third kappa shape index (κ3) is 3.31. The van der Waals surface area contributed by atoms with E-state index in [9.17, 15) is 4.79 Å². The maximum Gasteiger partial charge on any atom is 0.410 e. The molecule has 2 bridgehead atoms. The monoisotopic (exact) mass is 305 g/mol. The van der Waals surface area contributed by atoms with Gasteiger partial charge in [0.05, 0.1) is 0 Å². The zero-order valence-electron chi connectivity index (χ0n) is 13.4. The molecule has 0 radical (unpaired) electrons. The van der Waals surface area contributed by atoms with Crippen molar-refractivity contribution in [1.29, 1.82) is 0 Å². The van der Waals surface area contributed by atoms with Gasteiger partial charge in [0.25, 0.3) is 0 Å². The molecule has 0 aliphatic carbocycles. The summed E-state index contributed by atoms with van der Waals surface area (Å²) in [6, 6.07) is 4.03. The van der Waals surface area contributed by atoms with Gasteiger partial charge >= 0.3 is 6.09 Å². The number of aromatic nitrogens is 2. The summed E-state index contributed by atoms with van der Waals surface area (Å²) >= 11 is 0. The summed E-state index contributed by atoms with van der Waals surface area (Å²) in [4.78, 5) is 14.3. The molecular weight excluding hydrogens is 282 g/mol. The summed E-state index contributed by atoms with van der Waals surface area (Å²) in [6.45, 7) is 5.70. The van der Waals surface area contributed by atoms with Crippen molar-refractivity contribution in [1.82, 2.24) is 15.1 Å². The van der Waals surface area contributed by atoms with E-state index in [4.69, 9.17) is 9.47 Å². The largest absolute Gasteiger partial charge is 0.473 e. The highest BCUT2D eigenvalue weighted by Crippen LogP contribution is 2.37. The highest BCUT2D eigenvalue weighted by molar-refractivity contribution is 5.69. The smallest absolute Gasteiger partial charge is 0.410 e. The predicted molar refractivity (Wildman–Crippen MR) is 80.6 cm³/mol. The summed E-state index contributed by atoms with van der Waals surface area (Å²) in [5.74, 6) is 0.553. The first-order valence-electron chi connectivity index (χ1n) is 7.88. The van der Waals surface area contributed by atoms with Gasteiger partial charge in [0.2, 0.25) is 5.88 Å². The van der Waals surface area contributed by atoms with E-state index in [1.54, 1.807) is 6.20 Å².